The Balaban J connectivity index is 3.26. The normalized spacial score (nSPS) is 12.4. The summed E-state index contributed by atoms with van der Waals surface area (Å²) < 4.78 is 0. The summed E-state index contributed by atoms with van der Waals surface area (Å²) in [5.41, 5.74) is 10.0. The van der Waals surface area contributed by atoms with Gasteiger partial charge in [-0.05, 0) is 0 Å². The third kappa shape index (κ3) is 7.98. The van der Waals surface area contributed by atoms with Gasteiger partial charge in [-0.25, -0.2) is 0 Å². The smallest absolute Gasteiger partial charge is 0.221 e. The van der Waals surface area contributed by atoms with E-state index < -0.39 is 0 Å². The van der Waals surface area contributed by atoms with Gasteiger partial charge in [0, 0.05) is 23.8 Å². The fourth-order valence-electron chi connectivity index (χ4n) is 0.433. The first-order valence-corrected chi connectivity index (χ1v) is 6.35. The molecular formula is C7H14N2O2S2. The molecule has 1 unspecified atom stereocenters. The van der Waals surface area contributed by atoms with Gasteiger partial charge in [0.2, 0.25) is 11.8 Å². The van der Waals surface area contributed by atoms with Gasteiger partial charge >= 0.3 is 0 Å². The van der Waals surface area contributed by atoms with Crippen LogP contribution < -0.4 is 11.5 Å². The molecule has 0 aromatic carbocycles. The van der Waals surface area contributed by atoms with E-state index in [0.29, 0.717) is 17.9 Å². The Morgan fingerprint density at radius 1 is 1.31 bits per heavy atom. The first-order valence-electron chi connectivity index (χ1n) is 3.86. The summed E-state index contributed by atoms with van der Waals surface area (Å²) in [5.74, 6) is 0.662. The first-order chi connectivity index (χ1) is 6.04. The fraction of sp³-hybridized carbons (Fsp3) is 0.714. The number of primary amides is 2. The lowest BCUT2D eigenvalue weighted by Gasteiger charge is -2.04. The Labute approximate surface area is 85.6 Å². The number of carbonyl (C=O) groups excluding carboxylic acids is 2. The molecule has 0 radical (unpaired) electrons. The van der Waals surface area contributed by atoms with Crippen molar-refractivity contribution in [3.05, 3.63) is 0 Å². The summed E-state index contributed by atoms with van der Waals surface area (Å²) in [7, 11) is 3.08. The molecule has 0 fully saturated rings. The van der Waals surface area contributed by atoms with E-state index in [0.717, 1.165) is 0 Å². The molecule has 4 nitrogen and oxygen atoms in total. The Morgan fingerprint density at radius 2 is 1.92 bits per heavy atom. The maximum Gasteiger partial charge on any atom is 0.221 e. The van der Waals surface area contributed by atoms with Crippen LogP contribution in [0.15, 0.2) is 0 Å². The minimum Gasteiger partial charge on any atom is -0.370 e. The van der Waals surface area contributed by atoms with Crippen LogP contribution in [0.5, 0.6) is 0 Å². The van der Waals surface area contributed by atoms with Gasteiger partial charge in [0.25, 0.3) is 0 Å². The molecule has 0 saturated carbocycles. The highest BCUT2D eigenvalue weighted by Crippen LogP contribution is 2.24. The predicted octanol–water partition coefficient (Wildman–Crippen LogP) is 0.365. The van der Waals surface area contributed by atoms with Crippen molar-refractivity contribution in [3.63, 3.8) is 0 Å². The van der Waals surface area contributed by atoms with Gasteiger partial charge in [-0.3, -0.25) is 9.59 Å². The molecule has 0 spiro atoms. The maximum absolute atomic E-state index is 10.6. The molecule has 0 aliphatic carbocycles. The molecule has 0 rings (SSSR count). The molecule has 0 heterocycles. The lowest BCUT2D eigenvalue weighted by Crippen LogP contribution is -2.21. The average Bonchev–Trinajstić information content (AvgIpc) is 2.02. The summed E-state index contributed by atoms with van der Waals surface area (Å²) >= 11 is 0. The zero-order chi connectivity index (χ0) is 10.3. The number of amides is 2. The quantitative estimate of drug-likeness (QED) is 0.481. The van der Waals surface area contributed by atoms with Crippen molar-refractivity contribution in [1.29, 1.82) is 0 Å². The van der Waals surface area contributed by atoms with Gasteiger partial charge in [-0.1, -0.05) is 28.5 Å². The molecular weight excluding hydrogens is 208 g/mol. The molecule has 6 heteroatoms. The lowest BCUT2D eigenvalue weighted by atomic mass is 10.2. The number of hydrogen-bond acceptors (Lipinski definition) is 4. The van der Waals surface area contributed by atoms with Gasteiger partial charge < -0.3 is 11.5 Å². The topological polar surface area (TPSA) is 86.2 Å². The fourth-order valence-corrected chi connectivity index (χ4v) is 2.81. The van der Waals surface area contributed by atoms with Crippen LogP contribution in [0.4, 0.5) is 0 Å². The van der Waals surface area contributed by atoms with Gasteiger partial charge in [0.05, 0.1) is 0 Å². The molecule has 1 atom stereocenters. The van der Waals surface area contributed by atoms with Crippen LogP contribution in [0, 0.1) is 5.92 Å². The van der Waals surface area contributed by atoms with Crippen LogP contribution in [-0.2, 0) is 9.59 Å². The Bertz CT molecular complexity index is 187. The van der Waals surface area contributed by atoms with Gasteiger partial charge in [0.15, 0.2) is 0 Å². The predicted molar refractivity (Wildman–Crippen MR) is 57.1 cm³/mol. The molecule has 2 amide bonds. The first kappa shape index (κ1) is 12.6. The van der Waals surface area contributed by atoms with Crippen molar-refractivity contribution in [1.82, 2.24) is 0 Å². The molecule has 0 aromatic rings. The lowest BCUT2D eigenvalue weighted by molar-refractivity contribution is -0.120. The van der Waals surface area contributed by atoms with E-state index in [-0.39, 0.29) is 17.7 Å². The molecule has 0 bridgehead atoms. The Kier molecular flexibility index (Phi) is 6.89. The van der Waals surface area contributed by atoms with E-state index in [1.165, 1.54) is 21.6 Å². The highest BCUT2D eigenvalue weighted by Gasteiger charge is 2.08. The van der Waals surface area contributed by atoms with Crippen LogP contribution in [0.3, 0.4) is 0 Å². The van der Waals surface area contributed by atoms with Crippen molar-refractivity contribution >= 4 is 33.4 Å². The zero-order valence-corrected chi connectivity index (χ0v) is 9.12. The monoisotopic (exact) mass is 222 g/mol. The largest absolute Gasteiger partial charge is 0.370 e. The Hall–Kier alpha value is -0.360. The summed E-state index contributed by atoms with van der Waals surface area (Å²) in [6.07, 6.45) is 0.378. The number of nitrogens with two attached hydrogens (primary N) is 2. The van der Waals surface area contributed by atoms with E-state index in [9.17, 15) is 9.59 Å². The second-order valence-corrected chi connectivity index (χ2v) is 5.25. The number of hydrogen-bond donors (Lipinski definition) is 2. The molecule has 0 saturated heterocycles. The number of rotatable bonds is 7. The van der Waals surface area contributed by atoms with Crippen molar-refractivity contribution < 1.29 is 9.59 Å². The zero-order valence-electron chi connectivity index (χ0n) is 7.49. The molecule has 13 heavy (non-hydrogen) atoms. The van der Waals surface area contributed by atoms with E-state index in [1.807, 2.05) is 0 Å². The van der Waals surface area contributed by atoms with Crippen LogP contribution in [0.1, 0.15) is 13.3 Å². The summed E-state index contributed by atoms with van der Waals surface area (Å²) in [4.78, 5) is 20.9. The summed E-state index contributed by atoms with van der Waals surface area (Å²) in [6.45, 7) is 1.78. The third-order valence-corrected chi connectivity index (χ3v) is 3.90. The Morgan fingerprint density at radius 3 is 2.38 bits per heavy atom. The van der Waals surface area contributed by atoms with Crippen LogP contribution in [-0.4, -0.2) is 23.3 Å². The van der Waals surface area contributed by atoms with Crippen molar-refractivity contribution in [3.8, 4) is 0 Å². The van der Waals surface area contributed by atoms with Gasteiger partial charge in [0.1, 0.15) is 0 Å². The van der Waals surface area contributed by atoms with E-state index in [2.05, 4.69) is 0 Å². The number of carbonyl (C=O) groups is 2. The summed E-state index contributed by atoms with van der Waals surface area (Å²) in [6, 6.07) is 0. The van der Waals surface area contributed by atoms with E-state index in [1.54, 1.807) is 6.92 Å². The van der Waals surface area contributed by atoms with Crippen LogP contribution in [0.25, 0.3) is 0 Å². The average molecular weight is 222 g/mol. The minimum absolute atomic E-state index is 0.119. The van der Waals surface area contributed by atoms with E-state index in [4.69, 9.17) is 11.5 Å². The second kappa shape index (κ2) is 7.08. The molecule has 0 aliphatic heterocycles. The third-order valence-electron chi connectivity index (χ3n) is 1.32. The maximum atomic E-state index is 10.6. The van der Waals surface area contributed by atoms with Crippen LogP contribution >= 0.6 is 21.6 Å². The van der Waals surface area contributed by atoms with Gasteiger partial charge in [-0.2, -0.15) is 0 Å². The molecule has 0 aromatic heterocycles. The minimum atomic E-state index is -0.295. The van der Waals surface area contributed by atoms with Crippen LogP contribution in [0.2, 0.25) is 0 Å². The van der Waals surface area contributed by atoms with Crippen molar-refractivity contribution in [2.24, 2.45) is 17.4 Å². The van der Waals surface area contributed by atoms with Crippen molar-refractivity contribution in [2.75, 3.05) is 11.5 Å². The second-order valence-electron chi connectivity index (χ2n) is 2.63. The molecule has 4 N–H and O–H groups in total. The summed E-state index contributed by atoms with van der Waals surface area (Å²) in [5, 5.41) is 0. The van der Waals surface area contributed by atoms with Gasteiger partial charge in [-0.15, -0.1) is 0 Å². The van der Waals surface area contributed by atoms with Crippen molar-refractivity contribution in [2.45, 2.75) is 13.3 Å². The molecule has 76 valence electrons. The molecule has 0 aliphatic rings. The SMILES string of the molecule is CC(CSSCCC(N)=O)C(N)=O. The standard InChI is InChI=1S/C7H14N2O2S2/c1-5(7(9)11)4-13-12-3-2-6(8)10/h5H,2-4H2,1H3,(H2,8,10)(H2,9,11). The van der Waals surface area contributed by atoms with E-state index >= 15 is 0 Å². The highest BCUT2D eigenvalue weighted by molar-refractivity contribution is 8.76. The highest BCUT2D eigenvalue weighted by atomic mass is 33.1.